The van der Waals surface area contributed by atoms with Crippen LogP contribution in [0, 0.1) is 0 Å². The number of hydrogen-bond donors (Lipinski definition) is 0. The first kappa shape index (κ1) is 16.3. The van der Waals surface area contributed by atoms with Crippen LogP contribution in [0.2, 0.25) is 0 Å². The number of carbonyl (C=O) groups excluding carboxylic acids is 1. The standard InChI is InChI=1S/C16H26NOP/c1-12(18)14-10-8-9-13(17-14)11-19(15(2,3)4)16(5,6)7/h8-10H,11H2,1-7H3. The topological polar surface area (TPSA) is 30.0 Å². The molecule has 0 radical (unpaired) electrons. The normalized spacial score (nSPS) is 12.8. The minimum absolute atomic E-state index is 0.0395. The quantitative estimate of drug-likeness (QED) is 0.584. The first-order chi connectivity index (χ1) is 8.51. The van der Waals surface area contributed by atoms with Gasteiger partial charge in [-0.05, 0) is 22.4 Å². The summed E-state index contributed by atoms with van der Waals surface area (Å²) in [4.78, 5) is 15.9. The second-order valence-electron chi connectivity index (χ2n) is 7.00. The summed E-state index contributed by atoms with van der Waals surface area (Å²) < 4.78 is 0. The minimum Gasteiger partial charge on any atom is -0.293 e. The number of hydrogen-bond acceptors (Lipinski definition) is 2. The fourth-order valence-corrected chi connectivity index (χ4v) is 5.87. The van der Waals surface area contributed by atoms with Crippen molar-refractivity contribution in [2.24, 2.45) is 0 Å². The van der Waals surface area contributed by atoms with Crippen LogP contribution in [0.15, 0.2) is 18.2 Å². The summed E-state index contributed by atoms with van der Waals surface area (Å²) in [5.41, 5.74) is 1.62. The molecule has 1 rings (SSSR count). The molecule has 1 heterocycles. The molecular weight excluding hydrogens is 253 g/mol. The van der Waals surface area contributed by atoms with Gasteiger partial charge in [0.25, 0.3) is 0 Å². The van der Waals surface area contributed by atoms with E-state index in [2.05, 4.69) is 46.5 Å². The molecule has 1 aromatic rings. The Bertz CT molecular complexity index is 441. The zero-order valence-corrected chi connectivity index (χ0v) is 14.1. The largest absolute Gasteiger partial charge is 0.293 e. The Hall–Kier alpha value is -0.750. The summed E-state index contributed by atoms with van der Waals surface area (Å²) >= 11 is 0. The molecule has 3 heteroatoms. The van der Waals surface area contributed by atoms with Crippen molar-refractivity contribution in [2.75, 3.05) is 0 Å². The van der Waals surface area contributed by atoms with E-state index in [-0.39, 0.29) is 24.0 Å². The van der Waals surface area contributed by atoms with Crippen LogP contribution >= 0.6 is 7.92 Å². The van der Waals surface area contributed by atoms with Gasteiger partial charge in [-0.1, -0.05) is 55.5 Å². The van der Waals surface area contributed by atoms with Crippen molar-refractivity contribution < 1.29 is 4.79 Å². The van der Waals surface area contributed by atoms with Gasteiger partial charge in [0, 0.05) is 18.8 Å². The van der Waals surface area contributed by atoms with E-state index in [1.165, 1.54) is 0 Å². The molecule has 0 fully saturated rings. The lowest BCUT2D eigenvalue weighted by Gasteiger charge is -2.41. The zero-order valence-electron chi connectivity index (χ0n) is 13.2. The van der Waals surface area contributed by atoms with Crippen LogP contribution in [-0.2, 0) is 6.16 Å². The van der Waals surface area contributed by atoms with Crippen LogP contribution in [-0.4, -0.2) is 21.1 Å². The van der Waals surface area contributed by atoms with Gasteiger partial charge in [-0.15, -0.1) is 0 Å². The first-order valence-electron chi connectivity index (χ1n) is 6.76. The van der Waals surface area contributed by atoms with E-state index in [0.29, 0.717) is 5.69 Å². The molecule has 2 nitrogen and oxygen atoms in total. The summed E-state index contributed by atoms with van der Waals surface area (Å²) in [6.45, 7) is 15.4. The van der Waals surface area contributed by atoms with Crippen LogP contribution in [0.25, 0.3) is 0 Å². The van der Waals surface area contributed by atoms with Gasteiger partial charge in [0.15, 0.2) is 5.78 Å². The fourth-order valence-electron chi connectivity index (χ4n) is 2.41. The second kappa shape index (κ2) is 5.71. The zero-order chi connectivity index (χ0) is 14.8. The number of Topliss-reactive ketones (excluding diaryl/α,β-unsaturated/α-hetero) is 1. The van der Waals surface area contributed by atoms with Crippen molar-refractivity contribution in [3.8, 4) is 0 Å². The Morgan fingerprint density at radius 1 is 1.11 bits per heavy atom. The average molecular weight is 279 g/mol. The van der Waals surface area contributed by atoms with Crippen molar-refractivity contribution in [1.29, 1.82) is 0 Å². The summed E-state index contributed by atoms with van der Waals surface area (Å²) in [7, 11) is -0.224. The van der Waals surface area contributed by atoms with Crippen molar-refractivity contribution in [1.82, 2.24) is 4.98 Å². The van der Waals surface area contributed by atoms with E-state index < -0.39 is 0 Å². The molecule has 0 aliphatic rings. The van der Waals surface area contributed by atoms with Gasteiger partial charge in [-0.25, -0.2) is 4.98 Å². The lowest BCUT2D eigenvalue weighted by atomic mass is 10.2. The van der Waals surface area contributed by atoms with Crippen LogP contribution in [0.3, 0.4) is 0 Å². The lowest BCUT2D eigenvalue weighted by Crippen LogP contribution is -2.26. The number of carbonyl (C=O) groups is 1. The third-order valence-electron chi connectivity index (χ3n) is 3.11. The predicted octanol–water partition coefficient (Wildman–Crippen LogP) is 4.86. The third kappa shape index (κ3) is 4.69. The van der Waals surface area contributed by atoms with E-state index in [0.717, 1.165) is 11.9 Å². The Labute approximate surface area is 118 Å². The molecule has 0 saturated heterocycles. The highest BCUT2D eigenvalue weighted by atomic mass is 31.1. The molecule has 0 saturated carbocycles. The second-order valence-corrected chi connectivity index (χ2v) is 10.9. The molecule has 0 atom stereocenters. The van der Waals surface area contributed by atoms with E-state index in [4.69, 9.17) is 0 Å². The molecule has 19 heavy (non-hydrogen) atoms. The maximum atomic E-state index is 11.4. The number of aromatic nitrogens is 1. The van der Waals surface area contributed by atoms with Crippen LogP contribution in [0.1, 0.15) is 64.6 Å². The molecule has 0 aliphatic carbocycles. The van der Waals surface area contributed by atoms with Crippen molar-refractivity contribution in [2.45, 2.75) is 64.9 Å². The van der Waals surface area contributed by atoms with Crippen LogP contribution in [0.5, 0.6) is 0 Å². The molecular formula is C16H26NOP. The van der Waals surface area contributed by atoms with Crippen molar-refractivity contribution >= 4 is 13.7 Å². The van der Waals surface area contributed by atoms with Gasteiger partial charge in [-0.3, -0.25) is 4.79 Å². The molecule has 0 bridgehead atoms. The molecule has 0 unspecified atom stereocenters. The molecule has 0 amide bonds. The SMILES string of the molecule is CC(=O)c1cccc(CP(C(C)(C)C)C(C)(C)C)n1. The molecule has 1 aromatic heterocycles. The van der Waals surface area contributed by atoms with Crippen LogP contribution in [0.4, 0.5) is 0 Å². The molecule has 106 valence electrons. The smallest absolute Gasteiger partial charge is 0.178 e. The Kier molecular flexibility index (Phi) is 4.90. The summed E-state index contributed by atoms with van der Waals surface area (Å²) in [5.74, 6) is 0.0395. The van der Waals surface area contributed by atoms with Gasteiger partial charge >= 0.3 is 0 Å². The van der Waals surface area contributed by atoms with E-state index in [1.807, 2.05) is 12.1 Å². The first-order valence-corrected chi connectivity index (χ1v) is 8.29. The number of pyridine rings is 1. The number of rotatable bonds is 3. The summed E-state index contributed by atoms with van der Waals surface area (Å²) in [6.07, 6.45) is 0.976. The van der Waals surface area contributed by atoms with Crippen LogP contribution < -0.4 is 0 Å². The number of nitrogens with zero attached hydrogens (tertiary/aromatic N) is 1. The Morgan fingerprint density at radius 2 is 1.63 bits per heavy atom. The van der Waals surface area contributed by atoms with Gasteiger partial charge in [0.05, 0.1) is 0 Å². The molecule has 0 N–H and O–H groups in total. The summed E-state index contributed by atoms with van der Waals surface area (Å²) in [5, 5.41) is 0.559. The highest BCUT2D eigenvalue weighted by Crippen LogP contribution is 2.60. The average Bonchev–Trinajstić information content (AvgIpc) is 2.23. The van der Waals surface area contributed by atoms with Crippen molar-refractivity contribution in [3.63, 3.8) is 0 Å². The van der Waals surface area contributed by atoms with Gasteiger partial charge in [0.2, 0.25) is 0 Å². The lowest BCUT2D eigenvalue weighted by molar-refractivity contribution is 0.101. The van der Waals surface area contributed by atoms with Gasteiger partial charge in [-0.2, -0.15) is 0 Å². The Balaban J connectivity index is 3.04. The van der Waals surface area contributed by atoms with E-state index >= 15 is 0 Å². The van der Waals surface area contributed by atoms with E-state index in [1.54, 1.807) is 13.0 Å². The monoisotopic (exact) mass is 279 g/mol. The maximum absolute atomic E-state index is 11.4. The fraction of sp³-hybridized carbons (Fsp3) is 0.625. The van der Waals surface area contributed by atoms with E-state index in [9.17, 15) is 4.79 Å². The molecule has 0 aromatic carbocycles. The predicted molar refractivity (Wildman–Crippen MR) is 84.4 cm³/mol. The number of ketones is 1. The molecule has 0 spiro atoms. The van der Waals surface area contributed by atoms with Gasteiger partial charge in [0.1, 0.15) is 5.69 Å². The summed E-state index contributed by atoms with van der Waals surface area (Å²) in [6, 6.07) is 5.78. The third-order valence-corrected chi connectivity index (χ3v) is 6.99. The van der Waals surface area contributed by atoms with Gasteiger partial charge < -0.3 is 0 Å². The minimum atomic E-state index is -0.224. The highest BCUT2D eigenvalue weighted by Gasteiger charge is 2.34. The molecule has 0 aliphatic heterocycles. The van der Waals surface area contributed by atoms with Crippen molar-refractivity contribution in [3.05, 3.63) is 29.6 Å². The highest BCUT2D eigenvalue weighted by molar-refractivity contribution is 7.60. The Morgan fingerprint density at radius 3 is 2.05 bits per heavy atom. The maximum Gasteiger partial charge on any atom is 0.178 e.